The number of nitrogens with one attached hydrogen (secondary N) is 2. The van der Waals surface area contributed by atoms with Crippen molar-refractivity contribution in [3.8, 4) is 0 Å². The van der Waals surface area contributed by atoms with Crippen molar-refractivity contribution in [3.63, 3.8) is 0 Å². The van der Waals surface area contributed by atoms with Gasteiger partial charge >= 0.3 is 0 Å². The van der Waals surface area contributed by atoms with Gasteiger partial charge in [-0.25, -0.2) is 0 Å². The molecule has 0 radical (unpaired) electrons. The lowest BCUT2D eigenvalue weighted by Crippen LogP contribution is -2.46. The average molecular weight is 301 g/mol. The SMILES string of the molecule is NC(=O)CN1CCC(NC(=O)c2ccc3[nH]ncc3c2)CC1. The third kappa shape index (κ3) is 3.25. The van der Waals surface area contributed by atoms with Gasteiger partial charge in [0.05, 0.1) is 18.3 Å². The van der Waals surface area contributed by atoms with Crippen molar-refractivity contribution in [3.05, 3.63) is 30.0 Å². The van der Waals surface area contributed by atoms with Gasteiger partial charge in [-0.2, -0.15) is 5.10 Å². The van der Waals surface area contributed by atoms with Crippen LogP contribution in [-0.2, 0) is 4.79 Å². The predicted molar refractivity (Wildman–Crippen MR) is 82.2 cm³/mol. The molecule has 4 N–H and O–H groups in total. The first-order valence-corrected chi connectivity index (χ1v) is 7.36. The van der Waals surface area contributed by atoms with Gasteiger partial charge in [0, 0.05) is 30.1 Å². The zero-order valence-corrected chi connectivity index (χ0v) is 12.2. The van der Waals surface area contributed by atoms with Crippen LogP contribution in [0.4, 0.5) is 0 Å². The molecule has 0 spiro atoms. The zero-order valence-electron chi connectivity index (χ0n) is 12.2. The van der Waals surface area contributed by atoms with Gasteiger partial charge in [-0.15, -0.1) is 0 Å². The van der Waals surface area contributed by atoms with Crippen LogP contribution in [0.2, 0.25) is 0 Å². The molecule has 1 aromatic heterocycles. The molecule has 0 atom stereocenters. The number of amides is 2. The molecule has 0 aliphatic carbocycles. The monoisotopic (exact) mass is 301 g/mol. The van der Waals surface area contributed by atoms with Gasteiger partial charge in [-0.3, -0.25) is 19.6 Å². The number of primary amides is 1. The highest BCUT2D eigenvalue weighted by atomic mass is 16.2. The molecule has 1 saturated heterocycles. The van der Waals surface area contributed by atoms with Crippen LogP contribution in [0.1, 0.15) is 23.2 Å². The van der Waals surface area contributed by atoms with E-state index in [0.717, 1.165) is 36.8 Å². The Balaban J connectivity index is 1.57. The van der Waals surface area contributed by atoms with E-state index >= 15 is 0 Å². The third-order valence-corrected chi connectivity index (χ3v) is 4.00. The molecule has 1 aliphatic rings. The summed E-state index contributed by atoms with van der Waals surface area (Å²) in [6, 6.07) is 5.61. The van der Waals surface area contributed by atoms with Gasteiger partial charge in [-0.05, 0) is 31.0 Å². The fourth-order valence-electron chi connectivity index (χ4n) is 2.81. The number of rotatable bonds is 4. The van der Waals surface area contributed by atoms with Gasteiger partial charge in [0.1, 0.15) is 0 Å². The second kappa shape index (κ2) is 6.15. The molecule has 1 fully saturated rings. The summed E-state index contributed by atoms with van der Waals surface area (Å²) in [4.78, 5) is 25.2. The topological polar surface area (TPSA) is 104 Å². The van der Waals surface area contributed by atoms with Crippen molar-refractivity contribution in [2.45, 2.75) is 18.9 Å². The highest BCUT2D eigenvalue weighted by Crippen LogP contribution is 2.14. The van der Waals surface area contributed by atoms with E-state index in [9.17, 15) is 9.59 Å². The molecule has 22 heavy (non-hydrogen) atoms. The fourth-order valence-corrected chi connectivity index (χ4v) is 2.81. The molecule has 0 unspecified atom stereocenters. The normalized spacial score (nSPS) is 16.7. The van der Waals surface area contributed by atoms with Crippen LogP contribution in [0, 0.1) is 0 Å². The van der Waals surface area contributed by atoms with Crippen molar-refractivity contribution in [1.82, 2.24) is 20.4 Å². The molecule has 7 heteroatoms. The molecule has 1 aliphatic heterocycles. The first kappa shape index (κ1) is 14.5. The molecule has 7 nitrogen and oxygen atoms in total. The number of piperidine rings is 1. The number of hydrogen-bond donors (Lipinski definition) is 3. The summed E-state index contributed by atoms with van der Waals surface area (Å²) in [6.45, 7) is 1.83. The van der Waals surface area contributed by atoms with Crippen LogP contribution < -0.4 is 11.1 Å². The molecule has 2 aromatic rings. The largest absolute Gasteiger partial charge is 0.369 e. The minimum atomic E-state index is -0.309. The predicted octanol–water partition coefficient (Wildman–Crippen LogP) is 0.242. The number of hydrogen-bond acceptors (Lipinski definition) is 4. The van der Waals surface area contributed by atoms with Crippen LogP contribution in [-0.4, -0.2) is 52.6 Å². The first-order valence-electron chi connectivity index (χ1n) is 7.36. The first-order chi connectivity index (χ1) is 10.6. The molecule has 0 saturated carbocycles. The number of carbonyl (C=O) groups excluding carboxylic acids is 2. The second-order valence-electron chi connectivity index (χ2n) is 5.66. The minimum Gasteiger partial charge on any atom is -0.369 e. The fraction of sp³-hybridized carbons (Fsp3) is 0.400. The van der Waals surface area contributed by atoms with Gasteiger partial charge in [0.25, 0.3) is 5.91 Å². The molecule has 2 amide bonds. The van der Waals surface area contributed by atoms with E-state index in [1.54, 1.807) is 12.3 Å². The maximum absolute atomic E-state index is 12.3. The summed E-state index contributed by atoms with van der Waals surface area (Å²) >= 11 is 0. The standard InChI is InChI=1S/C15H19N5O2/c16-14(21)9-20-5-3-12(4-6-20)18-15(22)10-1-2-13-11(7-10)8-17-19-13/h1-2,7-8,12H,3-6,9H2,(H2,16,21)(H,17,19)(H,18,22). The van der Waals surface area contributed by atoms with E-state index in [-0.39, 0.29) is 24.4 Å². The van der Waals surface area contributed by atoms with E-state index in [2.05, 4.69) is 15.5 Å². The molecule has 116 valence electrons. The summed E-state index contributed by atoms with van der Waals surface area (Å²) in [5.74, 6) is -0.382. The molecular weight excluding hydrogens is 282 g/mol. The van der Waals surface area contributed by atoms with Crippen LogP contribution in [0.15, 0.2) is 24.4 Å². The summed E-state index contributed by atoms with van der Waals surface area (Å²) in [5.41, 5.74) is 6.74. The van der Waals surface area contributed by atoms with Gasteiger partial charge in [0.2, 0.25) is 5.91 Å². The Morgan fingerprint density at radius 2 is 2.14 bits per heavy atom. The van der Waals surface area contributed by atoms with Crippen LogP contribution in [0.25, 0.3) is 10.9 Å². The number of nitrogens with zero attached hydrogens (tertiary/aromatic N) is 2. The number of aromatic nitrogens is 2. The summed E-state index contributed by atoms with van der Waals surface area (Å²) < 4.78 is 0. The summed E-state index contributed by atoms with van der Waals surface area (Å²) in [5, 5.41) is 10.8. The number of carbonyl (C=O) groups is 2. The smallest absolute Gasteiger partial charge is 0.251 e. The van der Waals surface area contributed by atoms with Gasteiger partial charge in [-0.1, -0.05) is 0 Å². The van der Waals surface area contributed by atoms with Crippen molar-refractivity contribution < 1.29 is 9.59 Å². The lowest BCUT2D eigenvalue weighted by atomic mass is 10.0. The number of aromatic amines is 1. The Labute approximate surface area is 127 Å². The van der Waals surface area contributed by atoms with E-state index in [0.29, 0.717) is 5.56 Å². The number of H-pyrrole nitrogens is 1. The van der Waals surface area contributed by atoms with E-state index in [1.807, 2.05) is 17.0 Å². The van der Waals surface area contributed by atoms with Gasteiger partial charge in [0.15, 0.2) is 0 Å². The highest BCUT2D eigenvalue weighted by Gasteiger charge is 2.22. The second-order valence-corrected chi connectivity index (χ2v) is 5.66. The number of fused-ring (bicyclic) bond motifs is 1. The Morgan fingerprint density at radius 1 is 1.36 bits per heavy atom. The lowest BCUT2D eigenvalue weighted by Gasteiger charge is -2.31. The molecule has 3 rings (SSSR count). The molecular formula is C15H19N5O2. The van der Waals surface area contributed by atoms with Crippen molar-refractivity contribution in [2.24, 2.45) is 5.73 Å². The van der Waals surface area contributed by atoms with Gasteiger partial charge < -0.3 is 11.1 Å². The maximum atomic E-state index is 12.3. The summed E-state index contributed by atoms with van der Waals surface area (Å²) in [6.07, 6.45) is 3.36. The Hall–Kier alpha value is -2.41. The Kier molecular flexibility index (Phi) is 4.06. The lowest BCUT2D eigenvalue weighted by molar-refractivity contribution is -0.119. The number of nitrogens with two attached hydrogens (primary N) is 1. The molecule has 2 heterocycles. The van der Waals surface area contributed by atoms with E-state index in [4.69, 9.17) is 5.73 Å². The maximum Gasteiger partial charge on any atom is 0.251 e. The Morgan fingerprint density at radius 3 is 2.86 bits per heavy atom. The van der Waals surface area contributed by atoms with E-state index in [1.165, 1.54) is 0 Å². The minimum absolute atomic E-state index is 0.0727. The number of likely N-dealkylation sites (tertiary alicyclic amines) is 1. The van der Waals surface area contributed by atoms with Crippen molar-refractivity contribution >= 4 is 22.7 Å². The van der Waals surface area contributed by atoms with Crippen LogP contribution >= 0.6 is 0 Å². The van der Waals surface area contributed by atoms with Crippen LogP contribution in [0.3, 0.4) is 0 Å². The van der Waals surface area contributed by atoms with Crippen molar-refractivity contribution in [2.75, 3.05) is 19.6 Å². The quantitative estimate of drug-likeness (QED) is 0.752. The van der Waals surface area contributed by atoms with Crippen LogP contribution in [0.5, 0.6) is 0 Å². The molecule has 1 aromatic carbocycles. The average Bonchev–Trinajstić information content (AvgIpc) is 2.96. The zero-order chi connectivity index (χ0) is 15.5. The molecule has 0 bridgehead atoms. The van der Waals surface area contributed by atoms with E-state index < -0.39 is 0 Å². The summed E-state index contributed by atoms with van der Waals surface area (Å²) in [7, 11) is 0. The highest BCUT2D eigenvalue weighted by molar-refractivity contribution is 5.98. The third-order valence-electron chi connectivity index (χ3n) is 4.00. The number of benzene rings is 1. The van der Waals surface area contributed by atoms with Crippen molar-refractivity contribution in [1.29, 1.82) is 0 Å². The Bertz CT molecular complexity index is 688.